The molecule has 4 N–H and O–H groups in total. The molecular formula is C23H27ClN6O. The monoisotopic (exact) mass is 438 g/mol. The minimum atomic E-state index is -0.253. The zero-order valence-electron chi connectivity index (χ0n) is 17.6. The van der Waals surface area contributed by atoms with Crippen molar-refractivity contribution >= 4 is 11.6 Å². The first kappa shape index (κ1) is 22.5. The molecule has 0 atom stereocenters. The third-order valence-electron chi connectivity index (χ3n) is 5.07. The summed E-state index contributed by atoms with van der Waals surface area (Å²) in [7, 11) is 0. The molecule has 162 valence electrons. The van der Waals surface area contributed by atoms with Crippen molar-refractivity contribution in [1.82, 2.24) is 25.5 Å². The van der Waals surface area contributed by atoms with E-state index >= 15 is 0 Å². The first-order chi connectivity index (χ1) is 15.0. The van der Waals surface area contributed by atoms with Crippen LogP contribution in [0.2, 0.25) is 0 Å². The molecule has 0 spiro atoms. The van der Waals surface area contributed by atoms with Crippen LogP contribution in [0.5, 0.6) is 0 Å². The molecule has 0 bridgehead atoms. The number of nitrogens with one attached hydrogen (secondary N) is 1. The summed E-state index contributed by atoms with van der Waals surface area (Å²) in [6.07, 6.45) is 2.86. The Morgan fingerprint density at radius 3 is 2.45 bits per heavy atom. The van der Waals surface area contributed by atoms with Gasteiger partial charge in [-0.15, -0.1) is 10.2 Å². The maximum absolute atomic E-state index is 9.81. The van der Waals surface area contributed by atoms with E-state index < -0.39 is 0 Å². The van der Waals surface area contributed by atoms with E-state index in [1.54, 1.807) is 0 Å². The molecule has 1 aromatic heterocycles. The molecule has 1 heterocycles. The summed E-state index contributed by atoms with van der Waals surface area (Å²) < 4.78 is 0. The van der Waals surface area contributed by atoms with Crippen molar-refractivity contribution in [1.29, 1.82) is 0 Å². The molecule has 3 aromatic rings. The second kappa shape index (κ2) is 10.7. The minimum Gasteiger partial charge on any atom is -0.390 e. The van der Waals surface area contributed by atoms with Gasteiger partial charge in [0, 0.05) is 17.8 Å². The van der Waals surface area contributed by atoms with Gasteiger partial charge in [-0.2, -0.15) is 5.21 Å². The van der Waals surface area contributed by atoms with Crippen LogP contribution in [0.1, 0.15) is 31.7 Å². The summed E-state index contributed by atoms with van der Waals surface area (Å²) in [6, 6.07) is 16.1. The molecule has 8 heteroatoms. The van der Waals surface area contributed by atoms with E-state index in [-0.39, 0.29) is 11.8 Å². The number of hydrogen-bond acceptors (Lipinski definition) is 6. The SMILES string of the molecule is C=C(CCCC)N(Cc1ccc(-c2ccccc2-c2nn[nH]n2)cc1)/C(CO)=C(\N)Cl. The van der Waals surface area contributed by atoms with Gasteiger partial charge in [-0.25, -0.2) is 0 Å². The van der Waals surface area contributed by atoms with E-state index in [2.05, 4.69) is 34.1 Å². The topological polar surface area (TPSA) is 104 Å². The van der Waals surface area contributed by atoms with Gasteiger partial charge in [0.15, 0.2) is 0 Å². The number of benzene rings is 2. The van der Waals surface area contributed by atoms with E-state index in [9.17, 15) is 5.11 Å². The fourth-order valence-corrected chi connectivity index (χ4v) is 3.54. The molecule has 0 aliphatic carbocycles. The van der Waals surface area contributed by atoms with Gasteiger partial charge in [0.05, 0.1) is 12.3 Å². The average molecular weight is 439 g/mol. The lowest BCUT2D eigenvalue weighted by Crippen LogP contribution is -2.26. The third kappa shape index (κ3) is 5.51. The Balaban J connectivity index is 1.87. The Hall–Kier alpha value is -3.16. The minimum absolute atomic E-state index is 0.0748. The molecule has 3 rings (SSSR count). The summed E-state index contributed by atoms with van der Waals surface area (Å²) in [5.74, 6) is 0.549. The van der Waals surface area contributed by atoms with Crippen LogP contribution >= 0.6 is 11.6 Å². The maximum atomic E-state index is 9.81. The molecule has 7 nitrogen and oxygen atoms in total. The van der Waals surface area contributed by atoms with Crippen molar-refractivity contribution in [3.8, 4) is 22.5 Å². The number of unbranched alkanes of at least 4 members (excludes halogenated alkanes) is 1. The Labute approximate surface area is 187 Å². The molecule has 0 radical (unpaired) electrons. The van der Waals surface area contributed by atoms with Crippen molar-refractivity contribution in [2.75, 3.05) is 6.61 Å². The van der Waals surface area contributed by atoms with Gasteiger partial charge < -0.3 is 15.7 Å². The molecular weight excluding hydrogens is 412 g/mol. The summed E-state index contributed by atoms with van der Waals surface area (Å²) >= 11 is 6.05. The van der Waals surface area contributed by atoms with Crippen LogP contribution in [0.25, 0.3) is 22.5 Å². The second-order valence-corrected chi connectivity index (χ2v) is 7.59. The maximum Gasteiger partial charge on any atom is 0.205 e. The molecule has 0 saturated heterocycles. The van der Waals surface area contributed by atoms with E-state index in [1.807, 2.05) is 53.4 Å². The smallest absolute Gasteiger partial charge is 0.205 e. The van der Waals surface area contributed by atoms with E-state index in [0.717, 1.165) is 47.2 Å². The lowest BCUT2D eigenvalue weighted by atomic mass is 9.98. The highest BCUT2D eigenvalue weighted by Gasteiger charge is 2.16. The number of aromatic amines is 1. The Morgan fingerprint density at radius 2 is 1.87 bits per heavy atom. The first-order valence-electron chi connectivity index (χ1n) is 10.2. The van der Waals surface area contributed by atoms with Gasteiger partial charge in [0.2, 0.25) is 5.82 Å². The van der Waals surface area contributed by atoms with Crippen molar-refractivity contribution in [2.24, 2.45) is 5.73 Å². The zero-order chi connectivity index (χ0) is 22.2. The molecule has 0 aliphatic rings. The molecule has 0 amide bonds. The highest BCUT2D eigenvalue weighted by molar-refractivity contribution is 6.29. The zero-order valence-corrected chi connectivity index (χ0v) is 18.3. The molecule has 31 heavy (non-hydrogen) atoms. The van der Waals surface area contributed by atoms with Crippen molar-refractivity contribution in [3.05, 3.63) is 77.2 Å². The first-order valence-corrected chi connectivity index (χ1v) is 10.5. The predicted molar refractivity (Wildman–Crippen MR) is 123 cm³/mol. The highest BCUT2D eigenvalue weighted by atomic mass is 35.5. The third-order valence-corrected chi connectivity index (χ3v) is 5.29. The number of halogens is 1. The number of hydrogen-bond donors (Lipinski definition) is 3. The van der Waals surface area contributed by atoms with Crippen molar-refractivity contribution < 1.29 is 5.11 Å². The van der Waals surface area contributed by atoms with Crippen LogP contribution in [0.4, 0.5) is 0 Å². The standard InChI is InChI=1S/C23H27ClN6O/c1-3-4-7-16(2)30(21(15-31)22(24)25)14-17-10-12-18(13-11-17)19-8-5-6-9-20(19)23-26-28-29-27-23/h5-6,8-13,31H,2-4,7,14-15,25H2,1H3,(H,26,27,28,29)/b22-21-. The number of aromatic nitrogens is 4. The van der Waals surface area contributed by atoms with E-state index in [4.69, 9.17) is 17.3 Å². The Morgan fingerprint density at radius 1 is 1.16 bits per heavy atom. The van der Waals surface area contributed by atoms with Crippen molar-refractivity contribution in [2.45, 2.75) is 32.7 Å². The van der Waals surface area contributed by atoms with Crippen LogP contribution < -0.4 is 5.73 Å². The summed E-state index contributed by atoms with van der Waals surface area (Å²) in [5, 5.41) is 24.2. The quantitative estimate of drug-likeness (QED) is 0.405. The fraction of sp³-hybridized carbons (Fsp3) is 0.261. The van der Waals surface area contributed by atoms with Gasteiger partial charge in [-0.1, -0.05) is 80.1 Å². The van der Waals surface area contributed by atoms with Crippen LogP contribution in [0.3, 0.4) is 0 Å². The van der Waals surface area contributed by atoms with Gasteiger partial charge in [-0.3, -0.25) is 0 Å². The molecule has 0 aliphatic heterocycles. The molecule has 0 unspecified atom stereocenters. The number of H-pyrrole nitrogens is 1. The van der Waals surface area contributed by atoms with Crippen LogP contribution in [-0.2, 0) is 6.54 Å². The van der Waals surface area contributed by atoms with Gasteiger partial charge in [-0.05, 0) is 34.7 Å². The molecule has 0 fully saturated rings. The Bertz CT molecular complexity index is 1030. The van der Waals surface area contributed by atoms with E-state index in [1.165, 1.54) is 0 Å². The summed E-state index contributed by atoms with van der Waals surface area (Å²) in [6.45, 7) is 6.57. The molecule has 0 saturated carbocycles. The van der Waals surface area contributed by atoms with Crippen molar-refractivity contribution in [3.63, 3.8) is 0 Å². The Kier molecular flexibility index (Phi) is 7.81. The van der Waals surface area contributed by atoms with Crippen LogP contribution in [0.15, 0.2) is 71.7 Å². The average Bonchev–Trinajstić information content (AvgIpc) is 3.32. The lowest BCUT2D eigenvalue weighted by Gasteiger charge is -2.29. The summed E-state index contributed by atoms with van der Waals surface area (Å²) in [4.78, 5) is 1.90. The highest BCUT2D eigenvalue weighted by Crippen LogP contribution is 2.30. The van der Waals surface area contributed by atoms with Crippen LogP contribution in [0, 0.1) is 0 Å². The van der Waals surface area contributed by atoms with Gasteiger partial charge in [0.25, 0.3) is 0 Å². The normalized spacial score (nSPS) is 11.8. The van der Waals surface area contributed by atoms with Gasteiger partial charge >= 0.3 is 0 Å². The molecule has 2 aromatic carbocycles. The second-order valence-electron chi connectivity index (χ2n) is 7.19. The predicted octanol–water partition coefficient (Wildman–Crippen LogP) is 4.40. The van der Waals surface area contributed by atoms with Crippen LogP contribution in [-0.4, -0.2) is 37.2 Å². The number of nitrogens with two attached hydrogens (primary N) is 1. The number of aliphatic hydroxyl groups is 1. The number of aliphatic hydroxyl groups excluding tert-OH is 1. The number of nitrogens with zero attached hydrogens (tertiary/aromatic N) is 4. The number of rotatable bonds is 10. The number of allylic oxidation sites excluding steroid dienone is 1. The van der Waals surface area contributed by atoms with Gasteiger partial charge in [0.1, 0.15) is 5.16 Å². The summed E-state index contributed by atoms with van der Waals surface area (Å²) in [5.41, 5.74) is 11.2. The largest absolute Gasteiger partial charge is 0.390 e. The fourth-order valence-electron chi connectivity index (χ4n) is 3.38. The number of tetrazole rings is 1. The lowest BCUT2D eigenvalue weighted by molar-refractivity contribution is 0.269. The van der Waals surface area contributed by atoms with E-state index in [0.29, 0.717) is 18.1 Å².